The Morgan fingerprint density at radius 3 is 2.27 bits per heavy atom. The van der Waals surface area contributed by atoms with Gasteiger partial charge in [0.2, 0.25) is 5.60 Å². The van der Waals surface area contributed by atoms with Crippen LogP contribution in [0.3, 0.4) is 0 Å². The summed E-state index contributed by atoms with van der Waals surface area (Å²) < 4.78 is 9.98. The van der Waals surface area contributed by atoms with Crippen molar-refractivity contribution < 1.29 is 39.2 Å². The molecule has 0 saturated carbocycles. The number of hydrogen-bond acceptors (Lipinski definition) is 7. The summed E-state index contributed by atoms with van der Waals surface area (Å²) in [5, 5.41) is 29.4. The first-order valence-electron chi connectivity index (χ1n) is 9.37. The lowest BCUT2D eigenvalue weighted by Crippen LogP contribution is -2.63. The van der Waals surface area contributed by atoms with Crippen molar-refractivity contribution in [3.63, 3.8) is 0 Å². The lowest BCUT2D eigenvalue weighted by atomic mass is 9.78. The Kier molecular flexibility index (Phi) is 6.63. The van der Waals surface area contributed by atoms with Gasteiger partial charge in [0.1, 0.15) is 6.10 Å². The minimum absolute atomic E-state index is 0.270. The summed E-state index contributed by atoms with van der Waals surface area (Å²) in [4.78, 5) is 35.3. The van der Waals surface area contributed by atoms with E-state index in [4.69, 9.17) is 9.47 Å². The number of carboxylic acids is 1. The van der Waals surface area contributed by atoms with E-state index < -0.39 is 41.3 Å². The Morgan fingerprint density at radius 2 is 1.69 bits per heavy atom. The van der Waals surface area contributed by atoms with E-state index in [0.29, 0.717) is 6.42 Å². The van der Waals surface area contributed by atoms with Gasteiger partial charge in [0.05, 0.1) is 0 Å². The number of carbonyl (C=O) groups is 3. The first-order valence-corrected chi connectivity index (χ1v) is 9.37. The second kappa shape index (κ2) is 8.35. The van der Waals surface area contributed by atoms with E-state index >= 15 is 0 Å². The fraction of sp³-hybridized carbons (Fsp3) is 0.833. The highest BCUT2D eigenvalue weighted by atomic mass is 16.7. The zero-order valence-electron chi connectivity index (χ0n) is 15.1. The van der Waals surface area contributed by atoms with Gasteiger partial charge in [-0.3, -0.25) is 0 Å². The third-order valence-electron chi connectivity index (χ3n) is 5.33. The first-order chi connectivity index (χ1) is 12.3. The molecular weight excluding hydrogens is 344 g/mol. The molecule has 0 amide bonds. The quantitative estimate of drug-likeness (QED) is 0.386. The molecule has 8 heteroatoms. The Balaban J connectivity index is 1.86. The van der Waals surface area contributed by atoms with Crippen LogP contribution in [-0.2, 0) is 23.9 Å². The topological polar surface area (TPSA) is 130 Å². The molecule has 3 N–H and O–H groups in total. The molecule has 4 atom stereocenters. The average Bonchev–Trinajstić information content (AvgIpc) is 3.01. The number of rotatable bonds is 10. The van der Waals surface area contributed by atoms with E-state index in [-0.39, 0.29) is 6.42 Å². The Labute approximate surface area is 152 Å². The third-order valence-corrected chi connectivity index (χ3v) is 5.33. The Morgan fingerprint density at radius 1 is 1.12 bits per heavy atom. The number of unbranched alkanes of at least 4 members (excludes halogenated alkanes) is 7. The standard InChI is InChI=1S/C18H28O8/c1-2-3-4-5-6-7-8-9-10-12-11-17(16(23)25-12)18(24,15(21)22)13(19)14(20)26-17/h12-13,19,24H,2-11H2,1H3,(H,21,22)/t12-,13-,17+,18+/m0/s1. The number of carboxylic acid groups (broad SMARTS) is 1. The molecule has 8 nitrogen and oxygen atoms in total. The van der Waals surface area contributed by atoms with Crippen LogP contribution in [0.1, 0.15) is 71.1 Å². The molecule has 0 aromatic rings. The van der Waals surface area contributed by atoms with E-state index in [1.54, 1.807) is 0 Å². The number of aliphatic carboxylic acids is 1. The number of ether oxygens (including phenoxy) is 2. The van der Waals surface area contributed by atoms with Gasteiger partial charge in [0.15, 0.2) is 6.10 Å². The van der Waals surface area contributed by atoms with Gasteiger partial charge in [0, 0.05) is 6.42 Å². The summed E-state index contributed by atoms with van der Waals surface area (Å²) in [7, 11) is 0. The molecule has 0 aromatic carbocycles. The van der Waals surface area contributed by atoms with Crippen LogP contribution in [0.25, 0.3) is 0 Å². The second-order valence-electron chi connectivity index (χ2n) is 7.22. The molecule has 0 bridgehead atoms. The van der Waals surface area contributed by atoms with E-state index in [1.165, 1.54) is 25.7 Å². The minimum atomic E-state index is -3.03. The third kappa shape index (κ3) is 3.57. The number of hydrogen-bond donors (Lipinski definition) is 3. The van der Waals surface area contributed by atoms with Crippen molar-refractivity contribution in [3.05, 3.63) is 0 Å². The van der Waals surface area contributed by atoms with Crippen molar-refractivity contribution in [2.24, 2.45) is 0 Å². The zero-order chi connectivity index (χ0) is 19.4. The van der Waals surface area contributed by atoms with E-state index in [0.717, 1.165) is 25.7 Å². The second-order valence-corrected chi connectivity index (χ2v) is 7.22. The van der Waals surface area contributed by atoms with Gasteiger partial charge in [-0.1, -0.05) is 51.9 Å². The maximum atomic E-state index is 12.2. The normalized spacial score (nSPS) is 33.5. The highest BCUT2D eigenvalue weighted by Crippen LogP contribution is 2.46. The van der Waals surface area contributed by atoms with Crippen LogP contribution >= 0.6 is 0 Å². The predicted molar refractivity (Wildman–Crippen MR) is 89.1 cm³/mol. The molecular formula is C18H28O8. The molecule has 148 valence electrons. The maximum absolute atomic E-state index is 12.2. The molecule has 2 saturated heterocycles. The van der Waals surface area contributed by atoms with Crippen molar-refractivity contribution >= 4 is 17.9 Å². The SMILES string of the molecule is CCCCCCCCCC[C@H]1C[C@@]2(OC(=O)[C@H](O)[C@@]2(O)C(=O)O)C(=O)O1. The van der Waals surface area contributed by atoms with Crippen LogP contribution in [0.2, 0.25) is 0 Å². The summed E-state index contributed by atoms with van der Waals surface area (Å²) in [5.41, 5.74) is -5.41. The highest BCUT2D eigenvalue weighted by molar-refractivity contribution is 6.02. The molecule has 2 aliphatic rings. The van der Waals surface area contributed by atoms with Crippen LogP contribution in [0.4, 0.5) is 0 Å². The average molecular weight is 372 g/mol. The van der Waals surface area contributed by atoms with Crippen molar-refractivity contribution in [1.29, 1.82) is 0 Å². The zero-order valence-corrected chi connectivity index (χ0v) is 15.1. The van der Waals surface area contributed by atoms with Crippen molar-refractivity contribution in [2.45, 2.75) is 94.5 Å². The molecule has 0 aromatic heterocycles. The lowest BCUT2D eigenvalue weighted by Gasteiger charge is -2.30. The number of cyclic esters (lactones) is 1. The molecule has 1 spiro atoms. The van der Waals surface area contributed by atoms with Gasteiger partial charge >= 0.3 is 17.9 Å². The lowest BCUT2D eigenvalue weighted by molar-refractivity contribution is -0.195. The molecule has 26 heavy (non-hydrogen) atoms. The summed E-state index contributed by atoms with van der Waals surface area (Å²) >= 11 is 0. The fourth-order valence-corrected chi connectivity index (χ4v) is 3.74. The molecule has 0 aliphatic carbocycles. The van der Waals surface area contributed by atoms with E-state index in [9.17, 15) is 29.7 Å². The summed E-state index contributed by atoms with van der Waals surface area (Å²) in [5.74, 6) is -4.34. The van der Waals surface area contributed by atoms with E-state index in [1.807, 2.05) is 0 Å². The number of aliphatic hydroxyl groups excluding tert-OH is 1. The highest BCUT2D eigenvalue weighted by Gasteiger charge is 2.78. The van der Waals surface area contributed by atoms with Crippen LogP contribution in [0.15, 0.2) is 0 Å². The number of esters is 2. The maximum Gasteiger partial charge on any atom is 0.354 e. The van der Waals surface area contributed by atoms with Gasteiger partial charge in [-0.2, -0.15) is 0 Å². The molecule has 2 aliphatic heterocycles. The van der Waals surface area contributed by atoms with Gasteiger partial charge < -0.3 is 24.8 Å². The number of carbonyl (C=O) groups excluding carboxylic acids is 2. The molecule has 2 heterocycles. The smallest absolute Gasteiger partial charge is 0.354 e. The van der Waals surface area contributed by atoms with Crippen LogP contribution in [0.5, 0.6) is 0 Å². The van der Waals surface area contributed by atoms with Crippen LogP contribution in [-0.4, -0.2) is 56.6 Å². The van der Waals surface area contributed by atoms with E-state index in [2.05, 4.69) is 6.92 Å². The summed E-state index contributed by atoms with van der Waals surface area (Å²) in [6.45, 7) is 2.17. The van der Waals surface area contributed by atoms with Crippen LogP contribution < -0.4 is 0 Å². The van der Waals surface area contributed by atoms with Gasteiger partial charge in [-0.15, -0.1) is 0 Å². The summed E-state index contributed by atoms with van der Waals surface area (Å²) in [6.07, 6.45) is 6.10. The molecule has 0 unspecified atom stereocenters. The largest absolute Gasteiger partial charge is 0.479 e. The Bertz CT molecular complexity index is 547. The molecule has 0 radical (unpaired) electrons. The van der Waals surface area contributed by atoms with Crippen LogP contribution in [0, 0.1) is 0 Å². The van der Waals surface area contributed by atoms with Crippen molar-refractivity contribution in [2.75, 3.05) is 0 Å². The number of aliphatic hydroxyl groups is 2. The minimum Gasteiger partial charge on any atom is -0.479 e. The van der Waals surface area contributed by atoms with Crippen molar-refractivity contribution in [3.8, 4) is 0 Å². The monoisotopic (exact) mass is 372 g/mol. The molecule has 2 fully saturated rings. The fourth-order valence-electron chi connectivity index (χ4n) is 3.74. The Hall–Kier alpha value is -1.67. The van der Waals surface area contributed by atoms with Gasteiger partial charge in [-0.25, -0.2) is 14.4 Å². The predicted octanol–water partition coefficient (Wildman–Crippen LogP) is 1.30. The summed E-state index contributed by atoms with van der Waals surface area (Å²) in [6, 6.07) is 0. The first kappa shape index (κ1) is 20.6. The molecule has 2 rings (SSSR count). The van der Waals surface area contributed by atoms with Gasteiger partial charge in [0.25, 0.3) is 5.60 Å². The van der Waals surface area contributed by atoms with Crippen molar-refractivity contribution in [1.82, 2.24) is 0 Å². The van der Waals surface area contributed by atoms with Gasteiger partial charge in [-0.05, 0) is 12.8 Å².